The van der Waals surface area contributed by atoms with Crippen LogP contribution in [0.4, 0.5) is 9.59 Å². The standard InChI is InChI=1S/C4H8O2.2CH2O3/c1-3(2)4(5)6;2*2-1(3)4/h3H,1-2H3,(H,5,6);2*(H2,2,3,4). The van der Waals surface area contributed by atoms with Crippen molar-refractivity contribution in [2.75, 3.05) is 0 Å². The first kappa shape index (κ1) is 17.9. The molecule has 0 radical (unpaired) electrons. The molecule has 8 heteroatoms. The summed E-state index contributed by atoms with van der Waals surface area (Å²) in [6.45, 7) is 3.28. The van der Waals surface area contributed by atoms with Gasteiger partial charge in [0.15, 0.2) is 0 Å². The fourth-order valence-electron chi connectivity index (χ4n) is 0. The Morgan fingerprint density at radius 3 is 0.857 bits per heavy atom. The fraction of sp³-hybridized carbons (Fsp3) is 0.500. The van der Waals surface area contributed by atoms with E-state index in [1.54, 1.807) is 13.8 Å². The number of aliphatic carboxylic acids is 1. The Hall–Kier alpha value is -1.99. The zero-order valence-electron chi connectivity index (χ0n) is 7.54. The summed E-state index contributed by atoms with van der Waals surface area (Å²) in [5.41, 5.74) is 0. The largest absolute Gasteiger partial charge is 0.503 e. The molecule has 0 saturated heterocycles. The van der Waals surface area contributed by atoms with Crippen LogP contribution >= 0.6 is 0 Å². The lowest BCUT2D eigenvalue weighted by molar-refractivity contribution is -0.140. The number of carbonyl (C=O) groups is 3. The monoisotopic (exact) mass is 212 g/mol. The van der Waals surface area contributed by atoms with Gasteiger partial charge in [-0.15, -0.1) is 0 Å². The van der Waals surface area contributed by atoms with E-state index in [1.807, 2.05) is 0 Å². The van der Waals surface area contributed by atoms with E-state index in [0.717, 1.165) is 0 Å². The van der Waals surface area contributed by atoms with Gasteiger partial charge in [-0.3, -0.25) is 4.79 Å². The van der Waals surface area contributed by atoms with E-state index < -0.39 is 18.3 Å². The number of rotatable bonds is 1. The number of hydrogen-bond donors (Lipinski definition) is 5. The highest BCUT2D eigenvalue weighted by Gasteiger charge is 1.99. The summed E-state index contributed by atoms with van der Waals surface area (Å²) in [4.78, 5) is 26.8. The lowest BCUT2D eigenvalue weighted by atomic mass is 10.2. The van der Waals surface area contributed by atoms with Gasteiger partial charge in [0.1, 0.15) is 0 Å². The van der Waals surface area contributed by atoms with Crippen LogP contribution < -0.4 is 0 Å². The van der Waals surface area contributed by atoms with Crippen molar-refractivity contribution in [3.05, 3.63) is 0 Å². The molecule has 0 aromatic rings. The molecule has 0 aliphatic carbocycles. The average Bonchev–Trinajstić information content (AvgIpc) is 1.83. The molecule has 0 amide bonds. The van der Waals surface area contributed by atoms with Crippen molar-refractivity contribution in [1.29, 1.82) is 0 Å². The Balaban J connectivity index is -0.000000135. The summed E-state index contributed by atoms with van der Waals surface area (Å²) in [5.74, 6) is -0.972. The summed E-state index contributed by atoms with van der Waals surface area (Å²) in [6.07, 6.45) is -3.67. The van der Waals surface area contributed by atoms with Crippen molar-refractivity contribution in [3.8, 4) is 0 Å². The maximum absolute atomic E-state index is 9.70. The van der Waals surface area contributed by atoms with Crippen LogP contribution in [0.2, 0.25) is 0 Å². The van der Waals surface area contributed by atoms with Crippen LogP contribution in [-0.2, 0) is 4.79 Å². The molecule has 0 bridgehead atoms. The molecule has 0 aromatic carbocycles. The highest BCUT2D eigenvalue weighted by molar-refractivity contribution is 5.68. The molecule has 0 spiro atoms. The lowest BCUT2D eigenvalue weighted by Gasteiger charge is -1.89. The van der Waals surface area contributed by atoms with Crippen molar-refractivity contribution in [1.82, 2.24) is 0 Å². The highest BCUT2D eigenvalue weighted by atomic mass is 16.6. The topological polar surface area (TPSA) is 152 Å². The molecule has 0 aliphatic rings. The molecule has 14 heavy (non-hydrogen) atoms. The van der Waals surface area contributed by atoms with Crippen molar-refractivity contribution >= 4 is 18.3 Å². The second-order valence-corrected chi connectivity index (χ2v) is 2.06. The Kier molecular flexibility index (Phi) is 14.1. The minimum Gasteiger partial charge on any atom is -0.481 e. The van der Waals surface area contributed by atoms with Crippen LogP contribution in [0.5, 0.6) is 0 Å². The molecular weight excluding hydrogens is 200 g/mol. The van der Waals surface area contributed by atoms with Gasteiger partial charge < -0.3 is 25.5 Å². The smallest absolute Gasteiger partial charge is 0.481 e. The van der Waals surface area contributed by atoms with E-state index in [-0.39, 0.29) is 5.92 Å². The molecule has 0 saturated carbocycles. The lowest BCUT2D eigenvalue weighted by Crippen LogP contribution is -2.03. The summed E-state index contributed by atoms with van der Waals surface area (Å²) < 4.78 is 0. The van der Waals surface area contributed by atoms with Crippen LogP contribution in [0.3, 0.4) is 0 Å². The van der Waals surface area contributed by atoms with Crippen molar-refractivity contribution < 1.29 is 39.9 Å². The van der Waals surface area contributed by atoms with E-state index in [4.69, 9.17) is 35.1 Å². The minimum absolute atomic E-state index is 0.231. The van der Waals surface area contributed by atoms with E-state index in [0.29, 0.717) is 0 Å². The van der Waals surface area contributed by atoms with E-state index in [2.05, 4.69) is 0 Å². The van der Waals surface area contributed by atoms with Crippen LogP contribution in [0.1, 0.15) is 13.8 Å². The van der Waals surface area contributed by atoms with Gasteiger partial charge in [-0.1, -0.05) is 13.8 Å². The third-order valence-electron chi connectivity index (χ3n) is 0.494. The van der Waals surface area contributed by atoms with E-state index >= 15 is 0 Å². The van der Waals surface area contributed by atoms with Gasteiger partial charge in [-0.25, -0.2) is 9.59 Å². The Morgan fingerprint density at radius 2 is 0.857 bits per heavy atom. The van der Waals surface area contributed by atoms with Gasteiger partial charge in [-0.2, -0.15) is 0 Å². The number of hydrogen-bond acceptors (Lipinski definition) is 3. The molecule has 8 nitrogen and oxygen atoms in total. The number of carboxylic acid groups (broad SMARTS) is 5. The second-order valence-electron chi connectivity index (χ2n) is 2.06. The minimum atomic E-state index is -1.83. The van der Waals surface area contributed by atoms with Crippen molar-refractivity contribution in [2.45, 2.75) is 13.8 Å². The van der Waals surface area contributed by atoms with Gasteiger partial charge in [0.25, 0.3) is 0 Å². The maximum atomic E-state index is 9.70. The molecular formula is C6H12O8. The molecule has 0 aromatic heterocycles. The summed E-state index contributed by atoms with van der Waals surface area (Å²) >= 11 is 0. The second kappa shape index (κ2) is 11.0. The molecule has 0 unspecified atom stereocenters. The highest BCUT2D eigenvalue weighted by Crippen LogP contribution is 1.87. The van der Waals surface area contributed by atoms with Crippen LogP contribution in [0.25, 0.3) is 0 Å². The third kappa shape index (κ3) is 201. The molecule has 0 aliphatic heterocycles. The summed E-state index contributed by atoms with van der Waals surface area (Å²) in [7, 11) is 0. The first-order valence-corrected chi connectivity index (χ1v) is 3.17. The average molecular weight is 212 g/mol. The molecule has 0 heterocycles. The normalized spacial score (nSPS) is 7.36. The van der Waals surface area contributed by atoms with Crippen LogP contribution in [0.15, 0.2) is 0 Å². The number of carboxylic acids is 1. The molecule has 0 atom stereocenters. The summed E-state index contributed by atoms with van der Waals surface area (Å²) in [6, 6.07) is 0. The SMILES string of the molecule is CC(C)C(=O)O.O=C(O)O.O=C(O)O. The van der Waals surface area contributed by atoms with Gasteiger partial charge in [0.05, 0.1) is 5.92 Å². The Labute approximate surface area is 79.0 Å². The Bertz CT molecular complexity index is 164. The van der Waals surface area contributed by atoms with Gasteiger partial charge >= 0.3 is 18.3 Å². The Morgan fingerprint density at radius 1 is 0.786 bits per heavy atom. The van der Waals surface area contributed by atoms with Crippen molar-refractivity contribution in [3.63, 3.8) is 0 Å². The predicted octanol–water partition coefficient (Wildman–Crippen LogP) is 1.17. The molecule has 5 N–H and O–H groups in total. The van der Waals surface area contributed by atoms with Gasteiger partial charge in [0, 0.05) is 0 Å². The van der Waals surface area contributed by atoms with Crippen LogP contribution in [-0.4, -0.2) is 43.8 Å². The van der Waals surface area contributed by atoms with Gasteiger partial charge in [-0.05, 0) is 0 Å². The first-order chi connectivity index (χ1) is 6.11. The zero-order chi connectivity index (χ0) is 12.3. The third-order valence-corrected chi connectivity index (χ3v) is 0.494. The predicted molar refractivity (Wildman–Crippen MR) is 43.8 cm³/mol. The van der Waals surface area contributed by atoms with E-state index in [1.165, 1.54) is 0 Å². The molecule has 0 fully saturated rings. The quantitative estimate of drug-likeness (QED) is 0.434. The van der Waals surface area contributed by atoms with Crippen LogP contribution in [0, 0.1) is 5.92 Å². The summed E-state index contributed by atoms with van der Waals surface area (Å²) in [5, 5.41) is 35.9. The van der Waals surface area contributed by atoms with Crippen molar-refractivity contribution in [2.24, 2.45) is 5.92 Å². The molecule has 0 rings (SSSR count). The maximum Gasteiger partial charge on any atom is 0.503 e. The fourth-order valence-corrected chi connectivity index (χ4v) is 0. The van der Waals surface area contributed by atoms with Gasteiger partial charge in [0.2, 0.25) is 0 Å². The van der Waals surface area contributed by atoms with E-state index in [9.17, 15) is 4.79 Å². The zero-order valence-corrected chi connectivity index (χ0v) is 7.54. The molecule has 84 valence electrons. The first-order valence-electron chi connectivity index (χ1n) is 3.17.